The van der Waals surface area contributed by atoms with Crippen molar-refractivity contribution in [2.75, 3.05) is 5.32 Å². The summed E-state index contributed by atoms with van der Waals surface area (Å²) in [7, 11) is 0. The van der Waals surface area contributed by atoms with Gasteiger partial charge in [0.15, 0.2) is 0 Å². The van der Waals surface area contributed by atoms with Crippen LogP contribution in [0.4, 0.5) is 5.69 Å². The fourth-order valence-electron chi connectivity index (χ4n) is 2.51. The van der Waals surface area contributed by atoms with Crippen LogP contribution in [-0.4, -0.2) is 14.5 Å². The molecule has 0 aliphatic rings. The van der Waals surface area contributed by atoms with E-state index in [4.69, 9.17) is 0 Å². The van der Waals surface area contributed by atoms with Crippen LogP contribution in [0.3, 0.4) is 0 Å². The minimum absolute atomic E-state index is 0.149. The summed E-state index contributed by atoms with van der Waals surface area (Å²) in [5, 5.41) is 5.87. The van der Waals surface area contributed by atoms with Crippen LogP contribution in [0.1, 0.15) is 25.7 Å². The normalized spacial score (nSPS) is 12.5. The van der Waals surface area contributed by atoms with Crippen molar-refractivity contribution in [3.05, 3.63) is 54.9 Å². The Morgan fingerprint density at radius 1 is 1.25 bits per heavy atom. The molecule has 0 saturated heterocycles. The van der Waals surface area contributed by atoms with Gasteiger partial charge in [-0.3, -0.25) is 4.98 Å². The van der Waals surface area contributed by atoms with Gasteiger partial charge in [0.25, 0.3) is 0 Å². The highest BCUT2D eigenvalue weighted by molar-refractivity contribution is 5.93. The van der Waals surface area contributed by atoms with E-state index in [2.05, 4.69) is 51.9 Å². The Bertz CT molecular complexity index is 712. The summed E-state index contributed by atoms with van der Waals surface area (Å²) in [5.74, 6) is 1.05. The van der Waals surface area contributed by atoms with Crippen molar-refractivity contribution in [1.29, 1.82) is 0 Å². The van der Waals surface area contributed by atoms with Crippen LogP contribution in [0.5, 0.6) is 0 Å². The molecule has 4 heteroatoms. The molecule has 20 heavy (non-hydrogen) atoms. The number of nitrogens with one attached hydrogen (secondary N) is 1. The summed E-state index contributed by atoms with van der Waals surface area (Å²) < 4.78 is 2.15. The predicted octanol–water partition coefficient (Wildman–Crippen LogP) is 3.62. The van der Waals surface area contributed by atoms with Crippen molar-refractivity contribution in [2.45, 2.75) is 26.4 Å². The Morgan fingerprint density at radius 3 is 3.00 bits per heavy atom. The summed E-state index contributed by atoms with van der Waals surface area (Å²) in [6, 6.07) is 8.41. The molecule has 0 amide bonds. The lowest BCUT2D eigenvalue weighted by Gasteiger charge is -2.17. The molecule has 0 saturated carbocycles. The molecule has 3 aromatic rings. The molecule has 1 N–H and O–H groups in total. The molecule has 1 unspecified atom stereocenters. The third-order valence-corrected chi connectivity index (χ3v) is 3.53. The van der Waals surface area contributed by atoms with E-state index in [0.717, 1.165) is 23.4 Å². The molecule has 1 aromatic carbocycles. The summed E-state index contributed by atoms with van der Waals surface area (Å²) >= 11 is 0. The smallest absolute Gasteiger partial charge is 0.130 e. The minimum atomic E-state index is 0.149. The first-order valence-corrected chi connectivity index (χ1v) is 6.90. The molecular weight excluding hydrogens is 248 g/mol. The summed E-state index contributed by atoms with van der Waals surface area (Å²) in [4.78, 5) is 8.66. The molecular formula is C16H18N4. The van der Waals surface area contributed by atoms with Gasteiger partial charge >= 0.3 is 0 Å². The number of nitrogens with zero attached hydrogens (tertiary/aromatic N) is 3. The van der Waals surface area contributed by atoms with Crippen molar-refractivity contribution in [1.82, 2.24) is 14.5 Å². The van der Waals surface area contributed by atoms with Gasteiger partial charge in [-0.25, -0.2) is 4.98 Å². The Balaban J connectivity index is 1.93. The van der Waals surface area contributed by atoms with Crippen LogP contribution < -0.4 is 5.32 Å². The molecule has 0 bridgehead atoms. The maximum Gasteiger partial charge on any atom is 0.130 e. The zero-order valence-electron chi connectivity index (χ0n) is 11.7. The van der Waals surface area contributed by atoms with Gasteiger partial charge in [0.2, 0.25) is 0 Å². The quantitative estimate of drug-likeness (QED) is 0.784. The lowest BCUT2D eigenvalue weighted by atomic mass is 10.1. The lowest BCUT2D eigenvalue weighted by molar-refractivity contribution is 0.659. The third-order valence-electron chi connectivity index (χ3n) is 3.53. The van der Waals surface area contributed by atoms with Gasteiger partial charge in [0.05, 0.1) is 6.04 Å². The van der Waals surface area contributed by atoms with Gasteiger partial charge in [-0.2, -0.15) is 0 Å². The van der Waals surface area contributed by atoms with Gasteiger partial charge in [-0.1, -0.05) is 12.1 Å². The van der Waals surface area contributed by atoms with E-state index < -0.39 is 0 Å². The average Bonchev–Trinajstić information content (AvgIpc) is 2.96. The zero-order chi connectivity index (χ0) is 13.9. The molecule has 2 aromatic heterocycles. The monoisotopic (exact) mass is 266 g/mol. The van der Waals surface area contributed by atoms with E-state index in [9.17, 15) is 0 Å². The molecule has 0 aliphatic heterocycles. The van der Waals surface area contributed by atoms with E-state index in [1.54, 1.807) is 0 Å². The van der Waals surface area contributed by atoms with Gasteiger partial charge in [-0.05, 0) is 31.4 Å². The summed E-state index contributed by atoms with van der Waals surface area (Å²) in [6.07, 6.45) is 7.58. The van der Waals surface area contributed by atoms with Crippen LogP contribution in [0.25, 0.3) is 10.8 Å². The molecule has 4 nitrogen and oxygen atoms in total. The van der Waals surface area contributed by atoms with Crippen LogP contribution >= 0.6 is 0 Å². The molecule has 2 heterocycles. The van der Waals surface area contributed by atoms with Gasteiger partial charge in [0.1, 0.15) is 5.82 Å². The SMILES string of the molecule is CCn1ccnc1C(C)Nc1cccc2ccncc12. The number of aromatic nitrogens is 3. The lowest BCUT2D eigenvalue weighted by Crippen LogP contribution is -2.13. The fourth-order valence-corrected chi connectivity index (χ4v) is 2.51. The number of anilines is 1. The van der Waals surface area contributed by atoms with Crippen molar-refractivity contribution in [2.24, 2.45) is 0 Å². The highest BCUT2D eigenvalue weighted by Crippen LogP contribution is 2.25. The molecule has 0 radical (unpaired) electrons. The standard InChI is InChI=1S/C16H18N4/c1-3-20-10-9-18-16(20)12(2)19-15-6-4-5-13-7-8-17-11-14(13)15/h4-12,19H,3H2,1-2H3. The Kier molecular flexibility index (Phi) is 3.37. The summed E-state index contributed by atoms with van der Waals surface area (Å²) in [6.45, 7) is 5.18. The van der Waals surface area contributed by atoms with E-state index >= 15 is 0 Å². The van der Waals surface area contributed by atoms with Gasteiger partial charge in [-0.15, -0.1) is 0 Å². The Hall–Kier alpha value is -2.36. The maximum absolute atomic E-state index is 4.45. The van der Waals surface area contributed by atoms with E-state index in [1.807, 2.05) is 30.9 Å². The number of pyridine rings is 1. The second-order valence-corrected chi connectivity index (χ2v) is 4.84. The summed E-state index contributed by atoms with van der Waals surface area (Å²) in [5.41, 5.74) is 1.09. The number of rotatable bonds is 4. The van der Waals surface area contributed by atoms with Crippen molar-refractivity contribution in [3.63, 3.8) is 0 Å². The molecule has 102 valence electrons. The van der Waals surface area contributed by atoms with Crippen LogP contribution in [0.15, 0.2) is 49.1 Å². The fraction of sp³-hybridized carbons (Fsp3) is 0.250. The van der Waals surface area contributed by atoms with Crippen LogP contribution in [0, 0.1) is 0 Å². The third kappa shape index (κ3) is 2.25. The highest BCUT2D eigenvalue weighted by Gasteiger charge is 2.12. The van der Waals surface area contributed by atoms with Gasteiger partial charge in [0, 0.05) is 42.4 Å². The molecule has 3 rings (SSSR count). The first kappa shape index (κ1) is 12.7. The number of hydrogen-bond acceptors (Lipinski definition) is 3. The first-order valence-electron chi connectivity index (χ1n) is 6.90. The zero-order valence-corrected chi connectivity index (χ0v) is 11.7. The second kappa shape index (κ2) is 5.33. The Labute approximate surface area is 118 Å². The molecule has 0 fully saturated rings. The molecule has 0 spiro atoms. The topological polar surface area (TPSA) is 42.7 Å². The van der Waals surface area contributed by atoms with E-state index in [-0.39, 0.29) is 6.04 Å². The molecule has 1 atom stereocenters. The van der Waals surface area contributed by atoms with Crippen molar-refractivity contribution >= 4 is 16.5 Å². The predicted molar refractivity (Wildman–Crippen MR) is 81.7 cm³/mol. The number of benzene rings is 1. The highest BCUT2D eigenvalue weighted by atomic mass is 15.1. The van der Waals surface area contributed by atoms with Crippen molar-refractivity contribution < 1.29 is 0 Å². The number of imidazole rings is 1. The number of fused-ring (bicyclic) bond motifs is 1. The average molecular weight is 266 g/mol. The number of hydrogen-bond donors (Lipinski definition) is 1. The van der Waals surface area contributed by atoms with E-state index in [0.29, 0.717) is 0 Å². The number of aryl methyl sites for hydroxylation is 1. The minimum Gasteiger partial charge on any atom is -0.375 e. The van der Waals surface area contributed by atoms with Crippen molar-refractivity contribution in [3.8, 4) is 0 Å². The van der Waals surface area contributed by atoms with Crippen LogP contribution in [-0.2, 0) is 6.54 Å². The maximum atomic E-state index is 4.45. The molecule has 0 aliphatic carbocycles. The Morgan fingerprint density at radius 2 is 2.15 bits per heavy atom. The van der Waals surface area contributed by atoms with Gasteiger partial charge < -0.3 is 9.88 Å². The first-order chi connectivity index (χ1) is 9.79. The van der Waals surface area contributed by atoms with E-state index in [1.165, 1.54) is 5.39 Å². The second-order valence-electron chi connectivity index (χ2n) is 4.84. The van der Waals surface area contributed by atoms with Crippen LogP contribution in [0.2, 0.25) is 0 Å². The largest absolute Gasteiger partial charge is 0.375 e.